The van der Waals surface area contributed by atoms with E-state index in [1.807, 2.05) is 25.5 Å². The minimum atomic E-state index is -3.65. The molecule has 0 bridgehead atoms. The van der Waals surface area contributed by atoms with Gasteiger partial charge in [0.2, 0.25) is 10.0 Å². The lowest BCUT2D eigenvalue weighted by molar-refractivity contribution is 0.0958. The molecule has 0 N–H and O–H groups in total. The smallest absolute Gasteiger partial charge is 0.247 e. The van der Waals surface area contributed by atoms with Crippen molar-refractivity contribution in [3.05, 3.63) is 42.2 Å². The van der Waals surface area contributed by atoms with E-state index in [1.165, 1.54) is 0 Å². The van der Waals surface area contributed by atoms with Gasteiger partial charge in [-0.05, 0) is 25.0 Å². The lowest BCUT2D eigenvalue weighted by Gasteiger charge is -2.31. The predicted molar refractivity (Wildman–Crippen MR) is 108 cm³/mol. The fourth-order valence-electron chi connectivity index (χ4n) is 4.25. The Morgan fingerprint density at radius 2 is 2.03 bits per heavy atom. The van der Waals surface area contributed by atoms with Crippen LogP contribution in [0.25, 0.3) is 0 Å². The standard InChI is InChI=1S/C20H28N4O4S/c1-22-14-16(13-21-22)15-23-9-7-17-18(8-10-23)28-19-5-3-4-6-20(19)29(25,26)24(17)11-12-27-2/h3-6,13-14,17-18H,7-12,15H2,1-2H3/t17-,18-/m0/s1. The molecule has 2 atom stereocenters. The van der Waals surface area contributed by atoms with Crippen molar-refractivity contribution in [3.63, 3.8) is 0 Å². The summed E-state index contributed by atoms with van der Waals surface area (Å²) in [6.07, 6.45) is 5.18. The van der Waals surface area contributed by atoms with Crippen molar-refractivity contribution < 1.29 is 17.9 Å². The highest BCUT2D eigenvalue weighted by molar-refractivity contribution is 7.89. The first-order valence-corrected chi connectivity index (χ1v) is 11.4. The van der Waals surface area contributed by atoms with Crippen LogP contribution in [-0.2, 0) is 28.4 Å². The van der Waals surface area contributed by atoms with Crippen molar-refractivity contribution in [1.29, 1.82) is 0 Å². The van der Waals surface area contributed by atoms with Crippen LogP contribution in [0.1, 0.15) is 18.4 Å². The van der Waals surface area contributed by atoms with Gasteiger partial charge in [-0.1, -0.05) is 12.1 Å². The SMILES string of the molecule is COCCN1[C@H]2CCN(Cc3cnn(C)c3)CC[C@@H]2Oc2ccccc2S1(=O)=O. The largest absolute Gasteiger partial charge is 0.487 e. The number of nitrogens with zero attached hydrogens (tertiary/aromatic N) is 4. The van der Waals surface area contributed by atoms with Gasteiger partial charge < -0.3 is 9.47 Å². The van der Waals surface area contributed by atoms with Gasteiger partial charge in [-0.3, -0.25) is 9.58 Å². The summed E-state index contributed by atoms with van der Waals surface area (Å²) in [6.45, 7) is 3.12. The highest BCUT2D eigenvalue weighted by Gasteiger charge is 2.43. The monoisotopic (exact) mass is 420 g/mol. The van der Waals surface area contributed by atoms with Crippen LogP contribution in [0, 0.1) is 0 Å². The van der Waals surface area contributed by atoms with E-state index in [-0.39, 0.29) is 17.0 Å². The lowest BCUT2D eigenvalue weighted by atomic mass is 10.1. The molecule has 3 heterocycles. The fourth-order valence-corrected chi connectivity index (χ4v) is 6.03. The summed E-state index contributed by atoms with van der Waals surface area (Å²) in [5.74, 6) is 0.447. The lowest BCUT2D eigenvalue weighted by Crippen LogP contribution is -2.48. The summed E-state index contributed by atoms with van der Waals surface area (Å²) in [5, 5.41) is 4.24. The summed E-state index contributed by atoms with van der Waals surface area (Å²) in [7, 11) is -0.152. The Labute approximate surface area is 172 Å². The van der Waals surface area contributed by atoms with Gasteiger partial charge in [0, 0.05) is 52.1 Å². The number of likely N-dealkylation sites (tertiary alicyclic amines) is 1. The molecule has 2 aliphatic heterocycles. The number of rotatable bonds is 5. The van der Waals surface area contributed by atoms with Gasteiger partial charge in [-0.15, -0.1) is 0 Å². The molecule has 9 heteroatoms. The van der Waals surface area contributed by atoms with Crippen LogP contribution < -0.4 is 4.74 Å². The average molecular weight is 421 g/mol. The normalized spacial score (nSPS) is 24.8. The van der Waals surface area contributed by atoms with Crippen molar-refractivity contribution in [1.82, 2.24) is 19.0 Å². The van der Waals surface area contributed by atoms with E-state index in [1.54, 1.807) is 34.3 Å². The number of para-hydroxylation sites is 1. The molecular formula is C20H28N4O4S. The molecule has 2 aliphatic rings. The molecular weight excluding hydrogens is 392 g/mol. The second-order valence-electron chi connectivity index (χ2n) is 7.65. The van der Waals surface area contributed by atoms with Gasteiger partial charge >= 0.3 is 0 Å². The van der Waals surface area contributed by atoms with Crippen molar-refractivity contribution in [2.75, 3.05) is 33.4 Å². The minimum Gasteiger partial charge on any atom is -0.487 e. The number of benzene rings is 1. The second kappa shape index (κ2) is 8.43. The number of hydrogen-bond acceptors (Lipinski definition) is 6. The van der Waals surface area contributed by atoms with E-state index in [0.717, 1.165) is 31.6 Å². The van der Waals surface area contributed by atoms with Crippen molar-refractivity contribution in [3.8, 4) is 5.75 Å². The van der Waals surface area contributed by atoms with E-state index in [9.17, 15) is 8.42 Å². The Hall–Kier alpha value is -1.94. The quantitative estimate of drug-likeness (QED) is 0.729. The summed E-state index contributed by atoms with van der Waals surface area (Å²) < 4.78 is 41.8. The first-order valence-electron chi connectivity index (χ1n) is 9.95. The van der Waals surface area contributed by atoms with Crippen LogP contribution in [0.2, 0.25) is 0 Å². The molecule has 0 radical (unpaired) electrons. The predicted octanol–water partition coefficient (Wildman–Crippen LogP) is 1.48. The van der Waals surface area contributed by atoms with Crippen LogP contribution >= 0.6 is 0 Å². The van der Waals surface area contributed by atoms with Gasteiger partial charge in [0.25, 0.3) is 0 Å². The maximum absolute atomic E-state index is 13.4. The number of hydrogen-bond donors (Lipinski definition) is 0. The van der Waals surface area contributed by atoms with E-state index < -0.39 is 10.0 Å². The van der Waals surface area contributed by atoms with Gasteiger partial charge in [-0.25, -0.2) is 8.42 Å². The Morgan fingerprint density at radius 3 is 2.79 bits per heavy atom. The van der Waals surface area contributed by atoms with Crippen molar-refractivity contribution in [2.45, 2.75) is 36.4 Å². The second-order valence-corrected chi connectivity index (χ2v) is 9.51. The number of ether oxygens (including phenoxy) is 2. The van der Waals surface area contributed by atoms with Gasteiger partial charge in [-0.2, -0.15) is 9.40 Å². The van der Waals surface area contributed by atoms with Crippen LogP contribution in [0.5, 0.6) is 5.75 Å². The summed E-state index contributed by atoms with van der Waals surface area (Å²) in [6, 6.07) is 6.72. The molecule has 1 saturated heterocycles. The number of aromatic nitrogens is 2. The third-order valence-electron chi connectivity index (χ3n) is 5.66. The molecule has 1 aromatic heterocycles. The fraction of sp³-hybridized carbons (Fsp3) is 0.550. The molecule has 0 amide bonds. The topological polar surface area (TPSA) is 76.9 Å². The van der Waals surface area contributed by atoms with E-state index in [0.29, 0.717) is 25.3 Å². The first kappa shape index (κ1) is 20.3. The Kier molecular flexibility index (Phi) is 5.91. The molecule has 158 valence electrons. The molecule has 0 unspecified atom stereocenters. The summed E-state index contributed by atoms with van der Waals surface area (Å²) >= 11 is 0. The summed E-state index contributed by atoms with van der Waals surface area (Å²) in [4.78, 5) is 2.60. The van der Waals surface area contributed by atoms with Gasteiger partial charge in [0.05, 0.1) is 18.8 Å². The van der Waals surface area contributed by atoms with Gasteiger partial charge in [0.1, 0.15) is 16.7 Å². The zero-order valence-electron chi connectivity index (χ0n) is 16.9. The molecule has 4 rings (SSSR count). The molecule has 2 aromatic rings. The molecule has 1 fully saturated rings. The maximum Gasteiger partial charge on any atom is 0.247 e. The third-order valence-corrected chi connectivity index (χ3v) is 7.63. The highest BCUT2D eigenvalue weighted by Crippen LogP contribution is 2.36. The number of aryl methyl sites for hydroxylation is 1. The van der Waals surface area contributed by atoms with Gasteiger partial charge in [0.15, 0.2) is 0 Å². The molecule has 0 saturated carbocycles. The van der Waals surface area contributed by atoms with E-state index >= 15 is 0 Å². The van der Waals surface area contributed by atoms with Crippen LogP contribution in [0.4, 0.5) is 0 Å². The van der Waals surface area contributed by atoms with E-state index in [4.69, 9.17) is 9.47 Å². The molecule has 1 aromatic carbocycles. The van der Waals surface area contributed by atoms with Crippen LogP contribution in [0.3, 0.4) is 0 Å². The molecule has 0 aliphatic carbocycles. The zero-order chi connectivity index (χ0) is 20.4. The van der Waals surface area contributed by atoms with Crippen LogP contribution in [0.15, 0.2) is 41.6 Å². The van der Waals surface area contributed by atoms with E-state index in [2.05, 4.69) is 10.00 Å². The molecule has 8 nitrogen and oxygen atoms in total. The Bertz CT molecular complexity index is 945. The average Bonchev–Trinajstić information content (AvgIpc) is 2.97. The Balaban J connectivity index is 1.61. The molecule has 29 heavy (non-hydrogen) atoms. The Morgan fingerprint density at radius 1 is 1.24 bits per heavy atom. The van der Waals surface area contributed by atoms with Crippen molar-refractivity contribution in [2.24, 2.45) is 7.05 Å². The summed E-state index contributed by atoms with van der Waals surface area (Å²) in [5.41, 5.74) is 1.16. The number of methoxy groups -OCH3 is 1. The number of sulfonamides is 1. The molecule has 0 spiro atoms. The zero-order valence-corrected chi connectivity index (χ0v) is 17.7. The maximum atomic E-state index is 13.4. The third kappa shape index (κ3) is 4.18. The van der Waals surface area contributed by atoms with Crippen LogP contribution in [-0.4, -0.2) is 72.9 Å². The van der Waals surface area contributed by atoms with Crippen molar-refractivity contribution >= 4 is 10.0 Å². The highest BCUT2D eigenvalue weighted by atomic mass is 32.2. The number of fused-ring (bicyclic) bond motifs is 2. The minimum absolute atomic E-state index is 0.191. The first-order chi connectivity index (χ1) is 14.0.